The molecule has 3 rings (SSSR count). The predicted octanol–water partition coefficient (Wildman–Crippen LogP) is 5.54. The minimum absolute atomic E-state index is 0.324. The van der Waals surface area contributed by atoms with Crippen LogP contribution in [0.2, 0.25) is 0 Å². The number of thiophene rings is 1. The summed E-state index contributed by atoms with van der Waals surface area (Å²) < 4.78 is 0.646. The van der Waals surface area contributed by atoms with E-state index in [2.05, 4.69) is 15.9 Å². The van der Waals surface area contributed by atoms with Crippen molar-refractivity contribution in [2.45, 2.75) is 0 Å². The van der Waals surface area contributed by atoms with Gasteiger partial charge in [-0.15, -0.1) is 11.3 Å². The van der Waals surface area contributed by atoms with E-state index in [9.17, 15) is 9.90 Å². The second-order valence-electron chi connectivity index (χ2n) is 4.49. The van der Waals surface area contributed by atoms with Crippen LogP contribution in [0.4, 0.5) is 0 Å². The van der Waals surface area contributed by atoms with Gasteiger partial charge in [0.05, 0.1) is 9.35 Å². The molecular weight excluding hydrogens is 348 g/mol. The van der Waals surface area contributed by atoms with E-state index >= 15 is 0 Å². The molecule has 0 unspecified atom stereocenters. The highest BCUT2D eigenvalue weighted by molar-refractivity contribution is 9.11. The molecule has 4 heteroatoms. The van der Waals surface area contributed by atoms with Crippen molar-refractivity contribution in [3.8, 4) is 21.6 Å². The molecule has 0 amide bonds. The van der Waals surface area contributed by atoms with E-state index in [4.69, 9.17) is 0 Å². The Morgan fingerprint density at radius 2 is 1.43 bits per heavy atom. The minimum Gasteiger partial charge on any atom is -0.478 e. The lowest BCUT2D eigenvalue weighted by Crippen LogP contribution is -1.97. The van der Waals surface area contributed by atoms with Gasteiger partial charge in [-0.2, -0.15) is 0 Å². The maximum atomic E-state index is 11.6. The van der Waals surface area contributed by atoms with E-state index in [1.165, 1.54) is 11.3 Å². The molecule has 0 spiro atoms. The van der Waals surface area contributed by atoms with Gasteiger partial charge in [-0.1, -0.05) is 60.7 Å². The summed E-state index contributed by atoms with van der Waals surface area (Å²) >= 11 is 4.85. The van der Waals surface area contributed by atoms with Crippen molar-refractivity contribution < 1.29 is 9.90 Å². The van der Waals surface area contributed by atoms with Crippen LogP contribution in [0.1, 0.15) is 10.4 Å². The van der Waals surface area contributed by atoms with Gasteiger partial charge in [0, 0.05) is 10.4 Å². The van der Waals surface area contributed by atoms with Gasteiger partial charge in [0.15, 0.2) is 0 Å². The van der Waals surface area contributed by atoms with Crippen molar-refractivity contribution in [1.29, 1.82) is 0 Å². The monoisotopic (exact) mass is 358 g/mol. The van der Waals surface area contributed by atoms with E-state index in [-0.39, 0.29) is 0 Å². The molecule has 0 saturated carbocycles. The first-order chi connectivity index (χ1) is 10.2. The van der Waals surface area contributed by atoms with Crippen LogP contribution in [0.25, 0.3) is 21.6 Å². The normalized spacial score (nSPS) is 10.5. The summed E-state index contributed by atoms with van der Waals surface area (Å²) in [5.41, 5.74) is 3.03. The third kappa shape index (κ3) is 2.64. The van der Waals surface area contributed by atoms with Crippen LogP contribution in [0.3, 0.4) is 0 Å². The molecule has 104 valence electrons. The summed E-state index contributed by atoms with van der Waals surface area (Å²) in [6.45, 7) is 0. The van der Waals surface area contributed by atoms with Crippen molar-refractivity contribution in [2.24, 2.45) is 0 Å². The lowest BCUT2D eigenvalue weighted by Gasteiger charge is -2.06. The van der Waals surface area contributed by atoms with E-state index in [0.29, 0.717) is 9.35 Å². The first-order valence-electron chi connectivity index (χ1n) is 6.35. The van der Waals surface area contributed by atoms with Crippen LogP contribution >= 0.6 is 27.3 Å². The van der Waals surface area contributed by atoms with Crippen molar-refractivity contribution >= 4 is 33.2 Å². The Morgan fingerprint density at radius 3 is 1.95 bits per heavy atom. The molecule has 2 nitrogen and oxygen atoms in total. The molecule has 0 aliphatic heterocycles. The maximum absolute atomic E-state index is 11.6. The molecule has 0 aliphatic rings. The number of carboxylic acid groups (broad SMARTS) is 1. The molecule has 1 N–H and O–H groups in total. The van der Waals surface area contributed by atoms with Crippen LogP contribution in [-0.2, 0) is 0 Å². The summed E-state index contributed by atoms with van der Waals surface area (Å²) in [6.07, 6.45) is 0. The number of carboxylic acids is 1. The molecule has 3 aromatic rings. The van der Waals surface area contributed by atoms with Gasteiger partial charge in [0.1, 0.15) is 0 Å². The number of rotatable bonds is 3. The number of hydrogen-bond donors (Lipinski definition) is 1. The highest BCUT2D eigenvalue weighted by Gasteiger charge is 2.23. The molecule has 0 saturated heterocycles. The van der Waals surface area contributed by atoms with Crippen LogP contribution in [0.15, 0.2) is 64.5 Å². The molecule has 21 heavy (non-hydrogen) atoms. The van der Waals surface area contributed by atoms with Gasteiger partial charge in [-0.05, 0) is 27.1 Å². The quantitative estimate of drug-likeness (QED) is 0.666. The molecule has 1 aromatic heterocycles. The molecule has 0 atom stereocenters. The van der Waals surface area contributed by atoms with Crippen molar-refractivity contribution in [2.75, 3.05) is 0 Å². The van der Waals surface area contributed by atoms with Gasteiger partial charge >= 0.3 is 5.97 Å². The van der Waals surface area contributed by atoms with Crippen LogP contribution in [0, 0.1) is 0 Å². The zero-order chi connectivity index (χ0) is 14.8. The number of halogens is 1. The largest absolute Gasteiger partial charge is 0.478 e. The summed E-state index contributed by atoms with van der Waals surface area (Å²) in [7, 11) is 0. The zero-order valence-electron chi connectivity index (χ0n) is 10.9. The van der Waals surface area contributed by atoms with Gasteiger partial charge in [-0.3, -0.25) is 0 Å². The maximum Gasteiger partial charge on any atom is 0.338 e. The van der Waals surface area contributed by atoms with Crippen LogP contribution in [0.5, 0.6) is 0 Å². The Bertz CT molecular complexity index is 779. The Morgan fingerprint density at radius 1 is 0.905 bits per heavy atom. The van der Waals surface area contributed by atoms with E-state index < -0.39 is 5.97 Å². The molecule has 2 aromatic carbocycles. The summed E-state index contributed by atoms with van der Waals surface area (Å²) in [5, 5.41) is 9.54. The SMILES string of the molecule is O=C(O)c1c(Br)sc(-c2ccccc2)c1-c1ccccc1. The second kappa shape index (κ2) is 5.84. The number of carbonyl (C=O) groups is 1. The average Bonchev–Trinajstić information content (AvgIpc) is 2.86. The van der Waals surface area contributed by atoms with Crippen molar-refractivity contribution in [3.05, 3.63) is 70.0 Å². The molecule has 1 heterocycles. The first kappa shape index (κ1) is 14.0. The predicted molar refractivity (Wildman–Crippen MR) is 89.9 cm³/mol. The summed E-state index contributed by atoms with van der Waals surface area (Å²) in [6, 6.07) is 19.5. The molecule has 0 bridgehead atoms. The van der Waals surface area contributed by atoms with Gasteiger partial charge < -0.3 is 5.11 Å². The second-order valence-corrected chi connectivity index (χ2v) is 6.83. The van der Waals surface area contributed by atoms with Crippen LogP contribution in [-0.4, -0.2) is 11.1 Å². The van der Waals surface area contributed by atoms with E-state index in [1.807, 2.05) is 60.7 Å². The fourth-order valence-electron chi connectivity index (χ4n) is 2.27. The number of hydrogen-bond acceptors (Lipinski definition) is 2. The highest BCUT2D eigenvalue weighted by Crippen LogP contribution is 2.45. The molecular formula is C17H11BrO2S. The molecule has 0 fully saturated rings. The first-order valence-corrected chi connectivity index (χ1v) is 7.96. The number of aromatic carboxylic acids is 1. The number of benzene rings is 2. The van der Waals surface area contributed by atoms with Crippen LogP contribution < -0.4 is 0 Å². The summed E-state index contributed by atoms with van der Waals surface area (Å²) in [5.74, 6) is -0.917. The zero-order valence-corrected chi connectivity index (χ0v) is 13.3. The molecule has 0 radical (unpaired) electrons. The fourth-order valence-corrected chi connectivity index (χ4v) is 4.17. The van der Waals surface area contributed by atoms with E-state index in [1.54, 1.807) is 0 Å². The van der Waals surface area contributed by atoms with Crippen molar-refractivity contribution in [3.63, 3.8) is 0 Å². The van der Waals surface area contributed by atoms with Gasteiger partial charge in [0.25, 0.3) is 0 Å². The van der Waals surface area contributed by atoms with Crippen molar-refractivity contribution in [1.82, 2.24) is 0 Å². The van der Waals surface area contributed by atoms with Gasteiger partial charge in [-0.25, -0.2) is 4.79 Å². The average molecular weight is 359 g/mol. The standard InChI is InChI=1S/C17H11BrO2S/c18-16-14(17(19)20)13(11-7-3-1-4-8-11)15(21-16)12-9-5-2-6-10-12/h1-10H,(H,19,20). The third-order valence-corrected chi connectivity index (χ3v) is 5.09. The Hall–Kier alpha value is -1.91. The smallest absolute Gasteiger partial charge is 0.338 e. The highest BCUT2D eigenvalue weighted by atomic mass is 79.9. The Balaban J connectivity index is 2.32. The van der Waals surface area contributed by atoms with Gasteiger partial charge in [0.2, 0.25) is 0 Å². The van der Waals surface area contributed by atoms with E-state index in [0.717, 1.165) is 21.6 Å². The fraction of sp³-hybridized carbons (Fsp3) is 0. The summed E-state index contributed by atoms with van der Waals surface area (Å²) in [4.78, 5) is 12.6. The molecule has 0 aliphatic carbocycles. The Labute approximate surface area is 134 Å². The lowest BCUT2D eigenvalue weighted by atomic mass is 9.99. The topological polar surface area (TPSA) is 37.3 Å². The Kier molecular flexibility index (Phi) is 3.90. The third-order valence-electron chi connectivity index (χ3n) is 3.18. The lowest BCUT2D eigenvalue weighted by molar-refractivity contribution is 0.0697. The minimum atomic E-state index is -0.917.